The van der Waals surface area contributed by atoms with Gasteiger partial charge in [-0.3, -0.25) is 9.69 Å². The molecule has 0 spiro atoms. The van der Waals surface area contributed by atoms with Crippen LogP contribution in [0.5, 0.6) is 0 Å². The maximum atomic E-state index is 12.8. The first kappa shape index (κ1) is 28.4. The van der Waals surface area contributed by atoms with Gasteiger partial charge in [0.05, 0.1) is 12.1 Å². The Morgan fingerprint density at radius 3 is 2.40 bits per heavy atom. The van der Waals surface area contributed by atoms with Crippen LogP contribution in [0.1, 0.15) is 41.5 Å². The molecule has 2 N–H and O–H groups in total. The Labute approximate surface area is 197 Å². The summed E-state index contributed by atoms with van der Waals surface area (Å²) >= 11 is 0. The van der Waals surface area contributed by atoms with E-state index in [4.69, 9.17) is 9.47 Å². The summed E-state index contributed by atoms with van der Waals surface area (Å²) in [6.07, 6.45) is 1.05. The van der Waals surface area contributed by atoms with Crippen LogP contribution in [0.3, 0.4) is 0 Å². The fourth-order valence-corrected chi connectivity index (χ4v) is 2.96. The molecule has 0 bridgehead atoms. The van der Waals surface area contributed by atoms with Gasteiger partial charge in [-0.15, -0.1) is 30.6 Å². The predicted molar refractivity (Wildman–Crippen MR) is 129 cm³/mol. The number of nitrogens with zero attached hydrogens (tertiary/aromatic N) is 3. The van der Waals surface area contributed by atoms with Gasteiger partial charge in [0.2, 0.25) is 5.91 Å². The van der Waals surface area contributed by atoms with Crippen LogP contribution in [0.15, 0.2) is 17.6 Å². The molecule has 2 unspecified atom stereocenters. The molecule has 1 rings (SSSR count). The van der Waals surface area contributed by atoms with Crippen molar-refractivity contribution in [2.75, 3.05) is 33.7 Å². The Morgan fingerprint density at radius 2 is 1.90 bits per heavy atom. The normalized spacial score (nSPS) is 20.8. The second-order valence-corrected chi connectivity index (χ2v) is 8.69. The van der Waals surface area contributed by atoms with E-state index in [0.29, 0.717) is 19.0 Å². The topological polar surface area (TPSA) is 95.5 Å². The molecule has 1 heterocycles. The number of halogens is 1. The van der Waals surface area contributed by atoms with Crippen molar-refractivity contribution in [2.45, 2.75) is 65.0 Å². The number of aliphatic imine (C=N–C) groups is 1. The fraction of sp³-hybridized carbons (Fsp3) is 0.750. The summed E-state index contributed by atoms with van der Waals surface area (Å²) in [6, 6.07) is -0.278. The minimum absolute atomic E-state index is 0. The highest BCUT2D eigenvalue weighted by molar-refractivity contribution is 14.0. The van der Waals surface area contributed by atoms with Gasteiger partial charge >= 0.3 is 6.09 Å². The van der Waals surface area contributed by atoms with Gasteiger partial charge in [0, 0.05) is 27.2 Å². The number of hydrogen-bond donors (Lipinski definition) is 2. The number of likely N-dealkylation sites (N-methyl/N-ethyl adjacent to an activating group) is 1. The smallest absolute Gasteiger partial charge is 0.412 e. The van der Waals surface area contributed by atoms with E-state index in [-0.39, 0.29) is 48.6 Å². The van der Waals surface area contributed by atoms with E-state index in [1.807, 2.05) is 41.5 Å². The molecule has 1 aliphatic heterocycles. The fourth-order valence-electron chi connectivity index (χ4n) is 2.96. The summed E-state index contributed by atoms with van der Waals surface area (Å²) in [5.74, 6) is 0.347. The zero-order chi connectivity index (χ0) is 22.4. The lowest BCUT2D eigenvalue weighted by atomic mass is 10.1. The predicted octanol–water partition coefficient (Wildman–Crippen LogP) is 2.17. The molecule has 1 aliphatic rings. The number of ether oxygens (including phenoxy) is 2. The molecule has 0 aliphatic carbocycles. The van der Waals surface area contributed by atoms with Crippen LogP contribution in [-0.4, -0.2) is 85.0 Å². The van der Waals surface area contributed by atoms with Gasteiger partial charge in [-0.2, -0.15) is 0 Å². The zero-order valence-electron chi connectivity index (χ0n) is 19.4. The van der Waals surface area contributed by atoms with Crippen LogP contribution in [0.2, 0.25) is 0 Å². The number of rotatable bonds is 6. The molecule has 1 saturated heterocycles. The Morgan fingerprint density at radius 1 is 1.30 bits per heavy atom. The first-order chi connectivity index (χ1) is 13.3. The number of nitrogens with one attached hydrogen (secondary N) is 2. The molecule has 30 heavy (non-hydrogen) atoms. The number of guanidine groups is 1. The van der Waals surface area contributed by atoms with Crippen molar-refractivity contribution in [3.63, 3.8) is 0 Å². The van der Waals surface area contributed by atoms with Gasteiger partial charge in [0.15, 0.2) is 5.96 Å². The van der Waals surface area contributed by atoms with Crippen molar-refractivity contribution in [3.8, 4) is 0 Å². The lowest BCUT2D eigenvalue weighted by Gasteiger charge is -2.35. The minimum Gasteiger partial charge on any atom is -0.444 e. The molecular formula is C20H38IN5O4. The molecular weight excluding hydrogens is 501 g/mol. The molecule has 0 aromatic rings. The third kappa shape index (κ3) is 8.66. The van der Waals surface area contributed by atoms with E-state index >= 15 is 0 Å². The van der Waals surface area contributed by atoms with Crippen molar-refractivity contribution in [1.82, 2.24) is 20.4 Å². The van der Waals surface area contributed by atoms with Crippen LogP contribution >= 0.6 is 24.0 Å². The lowest BCUT2D eigenvalue weighted by Crippen LogP contribution is -2.54. The van der Waals surface area contributed by atoms with E-state index in [0.717, 1.165) is 0 Å². The molecule has 2 atom stereocenters. The molecule has 2 amide bonds. The average Bonchev–Trinajstić information content (AvgIpc) is 2.80. The van der Waals surface area contributed by atoms with E-state index in [2.05, 4.69) is 22.2 Å². The number of hydrogen-bond acceptors (Lipinski definition) is 5. The zero-order valence-corrected chi connectivity index (χ0v) is 21.8. The van der Waals surface area contributed by atoms with Crippen molar-refractivity contribution in [1.29, 1.82) is 0 Å². The third-order valence-corrected chi connectivity index (χ3v) is 4.28. The minimum atomic E-state index is -0.805. The van der Waals surface area contributed by atoms with Gasteiger partial charge in [-0.05, 0) is 41.5 Å². The summed E-state index contributed by atoms with van der Waals surface area (Å²) in [5, 5.41) is 6.28. The first-order valence-corrected chi connectivity index (χ1v) is 9.82. The van der Waals surface area contributed by atoms with Crippen molar-refractivity contribution in [2.24, 2.45) is 4.99 Å². The lowest BCUT2D eigenvalue weighted by molar-refractivity contribution is -0.127. The molecule has 10 heteroatoms. The van der Waals surface area contributed by atoms with Crippen LogP contribution in [-0.2, 0) is 14.3 Å². The van der Waals surface area contributed by atoms with Crippen LogP contribution < -0.4 is 10.6 Å². The Bertz CT molecular complexity index is 631. The second-order valence-electron chi connectivity index (χ2n) is 8.69. The maximum Gasteiger partial charge on any atom is 0.412 e. The van der Waals surface area contributed by atoms with Crippen LogP contribution in [0, 0.1) is 0 Å². The van der Waals surface area contributed by atoms with Gasteiger partial charge in [0.1, 0.15) is 17.9 Å². The highest BCUT2D eigenvalue weighted by atomic mass is 127. The number of carbonyl (C=O) groups is 2. The largest absolute Gasteiger partial charge is 0.444 e. The summed E-state index contributed by atoms with van der Waals surface area (Å²) in [5.41, 5.74) is -1.41. The van der Waals surface area contributed by atoms with Gasteiger partial charge in [-0.25, -0.2) is 9.79 Å². The molecule has 174 valence electrons. The first-order valence-electron chi connectivity index (χ1n) is 9.82. The highest BCUT2D eigenvalue weighted by Gasteiger charge is 2.49. The van der Waals surface area contributed by atoms with E-state index in [1.54, 1.807) is 25.1 Å². The van der Waals surface area contributed by atoms with E-state index in [1.165, 1.54) is 4.90 Å². The van der Waals surface area contributed by atoms with Crippen LogP contribution in [0.25, 0.3) is 0 Å². The Kier molecular flexibility index (Phi) is 11.1. The SMILES string of the molecule is C=CCNC(=NCC(=O)N(C)C)NCC1C(C)OC(C)(C)N1C(=O)OC(C)(C)C.I. The summed E-state index contributed by atoms with van der Waals surface area (Å²) in [6.45, 7) is 15.7. The van der Waals surface area contributed by atoms with Gasteiger partial charge < -0.3 is 25.0 Å². The van der Waals surface area contributed by atoms with Crippen molar-refractivity contribution in [3.05, 3.63) is 12.7 Å². The van der Waals surface area contributed by atoms with Crippen LogP contribution in [0.4, 0.5) is 4.79 Å². The van der Waals surface area contributed by atoms with Crippen molar-refractivity contribution >= 4 is 41.9 Å². The molecule has 9 nitrogen and oxygen atoms in total. The molecule has 0 saturated carbocycles. The number of amides is 2. The van der Waals surface area contributed by atoms with Gasteiger partial charge in [0.25, 0.3) is 0 Å². The third-order valence-electron chi connectivity index (χ3n) is 4.28. The standard InChI is InChI=1S/C20H37N5O4.HI/c1-10-11-21-17(23-13-16(26)24(8)9)22-12-15-14(2)28-20(6,7)25(15)18(27)29-19(3,4)5;/h10,14-15H,1,11-13H2,2-9H3,(H2,21,22,23);1H. The average molecular weight is 539 g/mol. The molecule has 0 aromatic heterocycles. The number of carbonyl (C=O) groups excluding carboxylic acids is 2. The summed E-state index contributed by atoms with van der Waals surface area (Å²) < 4.78 is 11.6. The Balaban J connectivity index is 0.00000841. The second kappa shape index (κ2) is 11.7. The highest BCUT2D eigenvalue weighted by Crippen LogP contribution is 2.33. The van der Waals surface area contributed by atoms with Gasteiger partial charge in [-0.1, -0.05) is 6.08 Å². The monoisotopic (exact) mass is 539 g/mol. The maximum absolute atomic E-state index is 12.8. The van der Waals surface area contributed by atoms with E-state index in [9.17, 15) is 9.59 Å². The van der Waals surface area contributed by atoms with Crippen molar-refractivity contribution < 1.29 is 19.1 Å². The Hall–Kier alpha value is -1.56. The quantitative estimate of drug-likeness (QED) is 0.233. The molecule has 1 fully saturated rings. The molecule has 0 radical (unpaired) electrons. The summed E-state index contributed by atoms with van der Waals surface area (Å²) in [4.78, 5) is 32.1. The summed E-state index contributed by atoms with van der Waals surface area (Å²) in [7, 11) is 3.36. The van der Waals surface area contributed by atoms with E-state index < -0.39 is 17.4 Å². The molecule has 0 aromatic carbocycles.